The Kier molecular flexibility index (Phi) is 3.96. The maximum absolute atomic E-state index is 11.9. The fourth-order valence-corrected chi connectivity index (χ4v) is 5.28. The normalized spacial score (nSPS) is 47.4. The summed E-state index contributed by atoms with van der Waals surface area (Å²) in [5.74, 6) is 0.217. The lowest BCUT2D eigenvalue weighted by atomic mass is 9.68. The number of carbonyl (C=O) groups excluding carboxylic acids is 2. The molecule has 3 aliphatic rings. The molecule has 1 aliphatic heterocycles. The molecule has 0 aromatic rings. The summed E-state index contributed by atoms with van der Waals surface area (Å²) in [5, 5.41) is 10.2. The molecule has 124 valence electrons. The van der Waals surface area contributed by atoms with Gasteiger partial charge in [-0.25, -0.2) is 0 Å². The van der Waals surface area contributed by atoms with Crippen LogP contribution in [0.5, 0.6) is 0 Å². The number of carbonyl (C=O) groups is 2. The van der Waals surface area contributed by atoms with Gasteiger partial charge in [0.2, 0.25) is 0 Å². The van der Waals surface area contributed by atoms with Crippen molar-refractivity contribution in [2.75, 3.05) is 6.61 Å². The zero-order valence-corrected chi connectivity index (χ0v) is 13.6. The molecule has 2 saturated carbocycles. The SMILES string of the molecule is CC(=O)O[C@H]1CC[C@H]2[C@@H](C)C[C@H]3OC(=O)[C@@H](C)[C@H]3C[C@]12CO. The molecule has 2 aliphatic carbocycles. The largest absolute Gasteiger partial charge is 0.462 e. The van der Waals surface area contributed by atoms with Crippen LogP contribution in [0.15, 0.2) is 0 Å². The maximum atomic E-state index is 11.9. The van der Waals surface area contributed by atoms with Crippen LogP contribution in [-0.2, 0) is 19.1 Å². The van der Waals surface area contributed by atoms with Crippen molar-refractivity contribution in [1.29, 1.82) is 0 Å². The van der Waals surface area contributed by atoms with Gasteiger partial charge < -0.3 is 14.6 Å². The number of hydrogen-bond donors (Lipinski definition) is 1. The molecule has 5 heteroatoms. The average Bonchev–Trinajstić information content (AvgIpc) is 2.88. The van der Waals surface area contributed by atoms with E-state index >= 15 is 0 Å². The smallest absolute Gasteiger partial charge is 0.309 e. The monoisotopic (exact) mass is 310 g/mol. The number of fused-ring (bicyclic) bond motifs is 2. The molecule has 0 radical (unpaired) electrons. The van der Waals surface area contributed by atoms with Crippen molar-refractivity contribution in [1.82, 2.24) is 0 Å². The van der Waals surface area contributed by atoms with Crippen molar-refractivity contribution in [2.45, 2.75) is 58.7 Å². The second-order valence-electron chi connectivity index (χ2n) is 7.52. The van der Waals surface area contributed by atoms with Crippen LogP contribution in [0.3, 0.4) is 0 Å². The molecular formula is C17H26O5. The van der Waals surface area contributed by atoms with E-state index in [4.69, 9.17) is 9.47 Å². The molecular weight excluding hydrogens is 284 g/mol. The molecule has 3 rings (SSSR count). The van der Waals surface area contributed by atoms with Gasteiger partial charge in [-0.1, -0.05) is 13.8 Å². The molecule has 0 bridgehead atoms. The fourth-order valence-electron chi connectivity index (χ4n) is 5.28. The van der Waals surface area contributed by atoms with Crippen molar-refractivity contribution < 1.29 is 24.2 Å². The molecule has 3 fully saturated rings. The number of aliphatic hydroxyl groups is 1. The Morgan fingerprint density at radius 2 is 2.14 bits per heavy atom. The third kappa shape index (κ3) is 2.25. The first-order valence-electron chi connectivity index (χ1n) is 8.37. The van der Waals surface area contributed by atoms with Crippen molar-refractivity contribution in [3.63, 3.8) is 0 Å². The summed E-state index contributed by atoms with van der Waals surface area (Å²) < 4.78 is 11.1. The number of ether oxygens (including phenoxy) is 2. The van der Waals surface area contributed by atoms with E-state index in [-0.39, 0.29) is 42.6 Å². The minimum Gasteiger partial charge on any atom is -0.462 e. The zero-order chi connectivity index (χ0) is 16.1. The van der Waals surface area contributed by atoms with Crippen molar-refractivity contribution in [3.05, 3.63) is 0 Å². The highest BCUT2D eigenvalue weighted by molar-refractivity contribution is 5.74. The van der Waals surface area contributed by atoms with Gasteiger partial charge in [0.1, 0.15) is 12.2 Å². The summed E-state index contributed by atoms with van der Waals surface area (Å²) in [7, 11) is 0. The fraction of sp³-hybridized carbons (Fsp3) is 0.882. The van der Waals surface area contributed by atoms with Gasteiger partial charge in [0.05, 0.1) is 12.5 Å². The van der Waals surface area contributed by atoms with Gasteiger partial charge in [0.15, 0.2) is 0 Å². The Bertz CT molecular complexity index is 476. The lowest BCUT2D eigenvalue weighted by Gasteiger charge is -2.40. The van der Waals surface area contributed by atoms with Crippen LogP contribution in [0.1, 0.15) is 46.5 Å². The van der Waals surface area contributed by atoms with Crippen molar-refractivity contribution >= 4 is 11.9 Å². The van der Waals surface area contributed by atoms with E-state index in [1.54, 1.807) is 0 Å². The first kappa shape index (κ1) is 15.8. The molecule has 0 spiro atoms. The highest BCUT2D eigenvalue weighted by Gasteiger charge is 2.59. The topological polar surface area (TPSA) is 72.8 Å². The number of hydrogen-bond acceptors (Lipinski definition) is 5. The predicted molar refractivity (Wildman–Crippen MR) is 78.7 cm³/mol. The highest BCUT2D eigenvalue weighted by Crippen LogP contribution is 2.57. The summed E-state index contributed by atoms with van der Waals surface area (Å²) in [6.07, 6.45) is 3.01. The highest BCUT2D eigenvalue weighted by atomic mass is 16.6. The van der Waals surface area contributed by atoms with Gasteiger partial charge in [-0.15, -0.1) is 0 Å². The first-order valence-corrected chi connectivity index (χ1v) is 8.37. The molecule has 1 heterocycles. The zero-order valence-electron chi connectivity index (χ0n) is 13.6. The van der Waals surface area contributed by atoms with Crippen LogP contribution < -0.4 is 0 Å². The van der Waals surface area contributed by atoms with Crippen LogP contribution in [-0.4, -0.2) is 35.9 Å². The molecule has 0 aromatic carbocycles. The minimum absolute atomic E-state index is 0.00405. The van der Waals surface area contributed by atoms with Crippen LogP contribution in [0.4, 0.5) is 0 Å². The molecule has 0 amide bonds. The van der Waals surface area contributed by atoms with E-state index in [0.717, 1.165) is 19.3 Å². The van der Waals surface area contributed by atoms with Gasteiger partial charge in [-0.05, 0) is 37.5 Å². The summed E-state index contributed by atoms with van der Waals surface area (Å²) >= 11 is 0. The van der Waals surface area contributed by atoms with E-state index < -0.39 is 5.41 Å². The van der Waals surface area contributed by atoms with Crippen molar-refractivity contribution in [2.24, 2.45) is 29.1 Å². The first-order chi connectivity index (χ1) is 10.4. The van der Waals surface area contributed by atoms with Crippen molar-refractivity contribution in [3.8, 4) is 0 Å². The van der Waals surface area contributed by atoms with Crippen LogP contribution in [0, 0.1) is 29.1 Å². The predicted octanol–water partition coefficient (Wildman–Crippen LogP) is 1.91. The van der Waals surface area contributed by atoms with E-state index in [9.17, 15) is 14.7 Å². The molecule has 1 N–H and O–H groups in total. The lowest BCUT2D eigenvalue weighted by Crippen LogP contribution is -2.44. The lowest BCUT2D eigenvalue weighted by molar-refractivity contribution is -0.157. The van der Waals surface area contributed by atoms with E-state index in [1.807, 2.05) is 6.92 Å². The molecule has 0 unspecified atom stereocenters. The average molecular weight is 310 g/mol. The molecule has 5 nitrogen and oxygen atoms in total. The summed E-state index contributed by atoms with van der Waals surface area (Å²) in [6.45, 7) is 5.51. The number of esters is 2. The second kappa shape index (κ2) is 5.52. The second-order valence-corrected chi connectivity index (χ2v) is 7.52. The van der Waals surface area contributed by atoms with Gasteiger partial charge >= 0.3 is 11.9 Å². The van der Waals surface area contributed by atoms with E-state index in [0.29, 0.717) is 18.3 Å². The van der Waals surface area contributed by atoms with Gasteiger partial charge in [0.25, 0.3) is 0 Å². The van der Waals surface area contributed by atoms with Gasteiger partial charge in [0, 0.05) is 18.3 Å². The van der Waals surface area contributed by atoms with E-state index in [1.165, 1.54) is 6.92 Å². The Labute approximate surface area is 131 Å². The third-order valence-electron chi connectivity index (χ3n) is 6.39. The molecule has 7 atom stereocenters. The minimum atomic E-state index is -0.424. The summed E-state index contributed by atoms with van der Waals surface area (Å²) in [6, 6.07) is 0. The molecule has 0 aromatic heterocycles. The Hall–Kier alpha value is -1.10. The molecule has 1 saturated heterocycles. The van der Waals surface area contributed by atoms with Gasteiger partial charge in [-0.3, -0.25) is 9.59 Å². The summed E-state index contributed by atoms with van der Waals surface area (Å²) in [4.78, 5) is 23.4. The summed E-state index contributed by atoms with van der Waals surface area (Å²) in [5.41, 5.74) is -0.424. The third-order valence-corrected chi connectivity index (χ3v) is 6.39. The quantitative estimate of drug-likeness (QED) is 0.789. The number of aliphatic hydroxyl groups excluding tert-OH is 1. The van der Waals surface area contributed by atoms with Crippen LogP contribution in [0.25, 0.3) is 0 Å². The van der Waals surface area contributed by atoms with E-state index in [2.05, 4.69) is 6.92 Å². The Balaban J connectivity index is 1.95. The number of rotatable bonds is 2. The molecule has 22 heavy (non-hydrogen) atoms. The van der Waals surface area contributed by atoms with Crippen LogP contribution in [0.2, 0.25) is 0 Å². The standard InChI is InChI=1S/C17H26O5/c1-9-6-14-12(10(2)16(20)22-14)7-17(8-18)13(9)4-5-15(17)21-11(3)19/h9-10,12-15,18H,4-8H2,1-3H3/t9-,10-,12+,13-,14+,15-,17+/m0/s1. The van der Waals surface area contributed by atoms with Crippen LogP contribution >= 0.6 is 0 Å². The Morgan fingerprint density at radius 3 is 2.77 bits per heavy atom. The van der Waals surface area contributed by atoms with Gasteiger partial charge in [-0.2, -0.15) is 0 Å². The maximum Gasteiger partial charge on any atom is 0.309 e. The Morgan fingerprint density at radius 1 is 1.41 bits per heavy atom.